The highest BCUT2D eigenvalue weighted by atomic mass is 19.1. The molecule has 1 aromatic carbocycles. The molecule has 0 saturated heterocycles. The van der Waals surface area contributed by atoms with E-state index in [2.05, 4.69) is 0 Å². The molecule has 0 aromatic heterocycles. The number of rotatable bonds is 2. The summed E-state index contributed by atoms with van der Waals surface area (Å²) in [5.74, 6) is -3.26. The van der Waals surface area contributed by atoms with Crippen LogP contribution in [0.2, 0.25) is 0 Å². The first-order valence-corrected chi connectivity index (χ1v) is 4.27. The molecule has 1 N–H and O–H groups in total. The number of allylic oxidation sites excluding steroid dienone is 1. The number of Topliss-reactive ketones (excluding diaryl/α,β-unsaturated/α-hetero) is 1. The zero-order valence-corrected chi connectivity index (χ0v) is 8.29. The second-order valence-corrected chi connectivity index (χ2v) is 3.02. The average molecular weight is 223 g/mol. The van der Waals surface area contributed by atoms with E-state index in [-0.39, 0.29) is 0 Å². The molecule has 16 heavy (non-hydrogen) atoms. The Balaban J connectivity index is 3.44. The Morgan fingerprint density at radius 3 is 2.56 bits per heavy atom. The highest BCUT2D eigenvalue weighted by Crippen LogP contribution is 2.20. The molecule has 0 spiro atoms. The molecule has 1 aromatic rings. The second kappa shape index (κ2) is 4.53. The van der Waals surface area contributed by atoms with Gasteiger partial charge in [-0.25, -0.2) is 8.78 Å². The average Bonchev–Trinajstić information content (AvgIpc) is 2.22. The monoisotopic (exact) mass is 223 g/mol. The quantitative estimate of drug-likeness (QED) is 0.475. The van der Waals surface area contributed by atoms with Crippen molar-refractivity contribution >= 4 is 11.5 Å². The summed E-state index contributed by atoms with van der Waals surface area (Å²) in [5.41, 5.74) is -1.11. The summed E-state index contributed by atoms with van der Waals surface area (Å²) in [7, 11) is 0. The van der Waals surface area contributed by atoms with Crippen molar-refractivity contribution in [2.45, 2.75) is 6.92 Å². The fourth-order valence-corrected chi connectivity index (χ4v) is 1.11. The van der Waals surface area contributed by atoms with E-state index < -0.39 is 34.3 Å². The second-order valence-electron chi connectivity index (χ2n) is 3.02. The zero-order valence-electron chi connectivity index (χ0n) is 8.29. The first-order valence-electron chi connectivity index (χ1n) is 4.27. The molecular formula is C11H7F2NO2. The minimum atomic E-state index is -0.909. The zero-order chi connectivity index (χ0) is 12.3. The number of aliphatic hydroxyl groups is 1. The summed E-state index contributed by atoms with van der Waals surface area (Å²) in [6, 6.07) is 3.82. The number of aliphatic hydroxyl groups excluding tert-OH is 1. The van der Waals surface area contributed by atoms with Crippen LogP contribution in [0.4, 0.5) is 8.78 Å². The van der Waals surface area contributed by atoms with Crippen LogP contribution in [-0.4, -0.2) is 10.9 Å². The van der Waals surface area contributed by atoms with Crippen molar-refractivity contribution in [3.8, 4) is 6.07 Å². The molecule has 0 saturated carbocycles. The van der Waals surface area contributed by atoms with Crippen molar-refractivity contribution < 1.29 is 18.7 Å². The highest BCUT2D eigenvalue weighted by molar-refractivity contribution is 6.03. The van der Waals surface area contributed by atoms with Crippen LogP contribution in [0.25, 0.3) is 5.76 Å². The number of ketones is 1. The molecule has 0 aliphatic carbocycles. The maximum atomic E-state index is 13.2. The van der Waals surface area contributed by atoms with Gasteiger partial charge in [0, 0.05) is 6.92 Å². The first-order chi connectivity index (χ1) is 7.47. The van der Waals surface area contributed by atoms with Crippen LogP contribution in [-0.2, 0) is 4.79 Å². The van der Waals surface area contributed by atoms with Crippen LogP contribution in [0.3, 0.4) is 0 Å². The minimum Gasteiger partial charge on any atom is -0.506 e. The topological polar surface area (TPSA) is 61.1 Å². The Kier molecular flexibility index (Phi) is 3.36. The number of nitriles is 1. The summed E-state index contributed by atoms with van der Waals surface area (Å²) >= 11 is 0. The van der Waals surface area contributed by atoms with Crippen LogP contribution in [0, 0.1) is 23.0 Å². The molecule has 5 heteroatoms. The third-order valence-electron chi connectivity index (χ3n) is 1.88. The van der Waals surface area contributed by atoms with Gasteiger partial charge in [0.2, 0.25) is 0 Å². The summed E-state index contributed by atoms with van der Waals surface area (Å²) in [5, 5.41) is 18.1. The van der Waals surface area contributed by atoms with Crippen molar-refractivity contribution in [3.05, 3.63) is 41.0 Å². The predicted octanol–water partition coefficient (Wildman–Crippen LogP) is 2.35. The normalized spacial score (nSPS) is 11.6. The van der Waals surface area contributed by atoms with Crippen molar-refractivity contribution in [1.29, 1.82) is 5.26 Å². The number of benzene rings is 1. The molecule has 1 rings (SSSR count). The molecule has 0 radical (unpaired) electrons. The van der Waals surface area contributed by atoms with E-state index in [1.54, 1.807) is 0 Å². The van der Waals surface area contributed by atoms with Gasteiger partial charge in [-0.3, -0.25) is 4.79 Å². The van der Waals surface area contributed by atoms with Gasteiger partial charge in [0.25, 0.3) is 0 Å². The van der Waals surface area contributed by atoms with E-state index in [0.29, 0.717) is 6.07 Å². The lowest BCUT2D eigenvalue weighted by molar-refractivity contribution is -0.113. The van der Waals surface area contributed by atoms with E-state index in [1.165, 1.54) is 6.07 Å². The number of carbonyl (C=O) groups is 1. The van der Waals surface area contributed by atoms with E-state index in [4.69, 9.17) is 5.26 Å². The Morgan fingerprint density at radius 1 is 1.44 bits per heavy atom. The van der Waals surface area contributed by atoms with Crippen LogP contribution in [0.15, 0.2) is 23.8 Å². The van der Waals surface area contributed by atoms with Gasteiger partial charge in [0.1, 0.15) is 29.0 Å². The Labute approximate surface area is 90.2 Å². The number of carbonyl (C=O) groups excluding carboxylic acids is 1. The van der Waals surface area contributed by atoms with Crippen molar-refractivity contribution in [2.75, 3.05) is 0 Å². The molecule has 0 atom stereocenters. The first kappa shape index (κ1) is 11.9. The van der Waals surface area contributed by atoms with E-state index in [0.717, 1.165) is 19.1 Å². The molecule has 0 unspecified atom stereocenters. The van der Waals surface area contributed by atoms with Crippen LogP contribution in [0.1, 0.15) is 12.5 Å². The fraction of sp³-hybridized carbons (Fsp3) is 0.0909. The minimum absolute atomic E-state index is 0.508. The molecule has 0 aliphatic heterocycles. The maximum absolute atomic E-state index is 13.2. The van der Waals surface area contributed by atoms with Gasteiger partial charge >= 0.3 is 0 Å². The molecule has 82 valence electrons. The molecule has 0 aliphatic rings. The Bertz CT molecular complexity index is 515. The van der Waals surface area contributed by atoms with Crippen molar-refractivity contribution in [3.63, 3.8) is 0 Å². The molecule has 0 heterocycles. The lowest BCUT2D eigenvalue weighted by Crippen LogP contribution is -2.01. The summed E-state index contributed by atoms with van der Waals surface area (Å²) < 4.78 is 26.0. The highest BCUT2D eigenvalue weighted by Gasteiger charge is 2.16. The standard InChI is InChI=1S/C11H7F2NO2/c1-6(15)9(5-14)11(16)8-4-7(12)2-3-10(8)13/h2-4,16H,1H3/b11-9-. The van der Waals surface area contributed by atoms with Gasteiger partial charge < -0.3 is 5.11 Å². The van der Waals surface area contributed by atoms with Gasteiger partial charge in [-0.15, -0.1) is 0 Å². The lowest BCUT2D eigenvalue weighted by atomic mass is 10.1. The molecular weight excluding hydrogens is 216 g/mol. The van der Waals surface area contributed by atoms with Crippen molar-refractivity contribution in [1.82, 2.24) is 0 Å². The van der Waals surface area contributed by atoms with E-state index in [9.17, 15) is 18.7 Å². The molecule has 0 bridgehead atoms. The maximum Gasteiger partial charge on any atom is 0.174 e. The van der Waals surface area contributed by atoms with Gasteiger partial charge in [-0.1, -0.05) is 0 Å². The molecule has 0 fully saturated rings. The predicted molar refractivity (Wildman–Crippen MR) is 52.2 cm³/mol. The summed E-state index contributed by atoms with van der Waals surface area (Å²) in [6.45, 7) is 1.05. The molecule has 3 nitrogen and oxygen atoms in total. The summed E-state index contributed by atoms with van der Waals surface area (Å²) in [6.07, 6.45) is 0. The third kappa shape index (κ3) is 2.23. The van der Waals surface area contributed by atoms with Crippen LogP contribution >= 0.6 is 0 Å². The van der Waals surface area contributed by atoms with Gasteiger partial charge in [-0.2, -0.15) is 5.26 Å². The third-order valence-corrected chi connectivity index (χ3v) is 1.88. The largest absolute Gasteiger partial charge is 0.506 e. The SMILES string of the molecule is CC(=O)/C(C#N)=C(\O)c1cc(F)ccc1F. The number of hydrogen-bond donors (Lipinski definition) is 1. The molecule has 0 amide bonds. The Hall–Kier alpha value is -2.22. The number of hydrogen-bond acceptors (Lipinski definition) is 3. The van der Waals surface area contributed by atoms with Gasteiger partial charge in [0.05, 0.1) is 5.56 Å². The van der Waals surface area contributed by atoms with Crippen LogP contribution < -0.4 is 0 Å². The van der Waals surface area contributed by atoms with Gasteiger partial charge in [0.15, 0.2) is 5.78 Å². The van der Waals surface area contributed by atoms with Crippen molar-refractivity contribution in [2.24, 2.45) is 0 Å². The number of nitrogens with zero attached hydrogens (tertiary/aromatic N) is 1. The lowest BCUT2D eigenvalue weighted by Gasteiger charge is -2.03. The Morgan fingerprint density at radius 2 is 2.06 bits per heavy atom. The van der Waals surface area contributed by atoms with Crippen LogP contribution in [0.5, 0.6) is 0 Å². The van der Waals surface area contributed by atoms with E-state index >= 15 is 0 Å². The summed E-state index contributed by atoms with van der Waals surface area (Å²) in [4.78, 5) is 10.9. The fourth-order valence-electron chi connectivity index (χ4n) is 1.11. The smallest absolute Gasteiger partial charge is 0.174 e. The number of halogens is 2. The van der Waals surface area contributed by atoms with Gasteiger partial charge in [-0.05, 0) is 18.2 Å². The van der Waals surface area contributed by atoms with E-state index in [1.807, 2.05) is 0 Å².